The summed E-state index contributed by atoms with van der Waals surface area (Å²) in [4.78, 5) is 19.6. The molecule has 138 valence electrons. The van der Waals surface area contributed by atoms with Crippen molar-refractivity contribution in [3.8, 4) is 6.07 Å². The van der Waals surface area contributed by atoms with Gasteiger partial charge in [0, 0.05) is 32.0 Å². The zero-order chi connectivity index (χ0) is 18.5. The molecule has 1 fully saturated rings. The summed E-state index contributed by atoms with van der Waals surface area (Å²) in [5.41, 5.74) is 2.48. The third-order valence-electron chi connectivity index (χ3n) is 5.50. The minimum absolute atomic E-state index is 0.236. The van der Waals surface area contributed by atoms with E-state index in [2.05, 4.69) is 34.4 Å². The number of nitrogens with zero attached hydrogens (tertiary/aromatic N) is 4. The van der Waals surface area contributed by atoms with Gasteiger partial charge in [-0.15, -0.1) is 0 Å². The second-order valence-corrected chi connectivity index (χ2v) is 7.07. The molecular weight excluding hydrogens is 324 g/mol. The smallest absolute Gasteiger partial charge is 0.224 e. The molecule has 1 amide bonds. The van der Waals surface area contributed by atoms with E-state index in [0.29, 0.717) is 24.6 Å². The van der Waals surface area contributed by atoms with Gasteiger partial charge in [0.15, 0.2) is 0 Å². The van der Waals surface area contributed by atoms with Crippen LogP contribution in [0.25, 0.3) is 11.0 Å². The van der Waals surface area contributed by atoms with Crippen LogP contribution in [0.4, 0.5) is 0 Å². The van der Waals surface area contributed by atoms with Gasteiger partial charge in [-0.1, -0.05) is 26.2 Å². The number of fused-ring (bicyclic) bond motifs is 1. The molecule has 0 bridgehead atoms. The number of carbonyl (C=O) groups excluding carboxylic acids is 1. The maximum absolute atomic E-state index is 12.9. The van der Waals surface area contributed by atoms with Crippen LogP contribution in [0, 0.1) is 11.3 Å². The van der Waals surface area contributed by atoms with Crippen LogP contribution in [0.15, 0.2) is 18.2 Å². The third-order valence-corrected chi connectivity index (χ3v) is 5.50. The van der Waals surface area contributed by atoms with E-state index in [1.165, 1.54) is 19.3 Å². The highest BCUT2D eigenvalue weighted by Crippen LogP contribution is 2.24. The van der Waals surface area contributed by atoms with E-state index < -0.39 is 0 Å². The predicted molar refractivity (Wildman–Crippen MR) is 103 cm³/mol. The summed E-state index contributed by atoms with van der Waals surface area (Å²) in [5.74, 6) is 1.21. The fraction of sp³-hybridized carbons (Fsp3) is 0.571. The number of benzene rings is 1. The Morgan fingerprint density at radius 3 is 2.73 bits per heavy atom. The van der Waals surface area contributed by atoms with E-state index in [0.717, 1.165) is 42.7 Å². The van der Waals surface area contributed by atoms with Gasteiger partial charge in [-0.3, -0.25) is 4.79 Å². The Bertz CT molecular complexity index is 811. The molecule has 1 saturated carbocycles. The Labute approximate surface area is 155 Å². The van der Waals surface area contributed by atoms with Gasteiger partial charge in [-0.25, -0.2) is 4.98 Å². The first kappa shape index (κ1) is 18.4. The Morgan fingerprint density at radius 2 is 2.08 bits per heavy atom. The molecule has 0 spiro atoms. The lowest BCUT2D eigenvalue weighted by molar-refractivity contribution is -0.134. The van der Waals surface area contributed by atoms with E-state index in [9.17, 15) is 10.1 Å². The second-order valence-electron chi connectivity index (χ2n) is 7.07. The van der Waals surface area contributed by atoms with Crippen molar-refractivity contribution in [2.75, 3.05) is 6.54 Å². The SMILES string of the molecule is CCc1nc2ccc(C#N)cc2n1CCC(=O)N(CC)C1CCCCC1. The molecule has 0 atom stereocenters. The number of aryl methyl sites for hydroxylation is 2. The molecule has 1 aromatic heterocycles. The van der Waals surface area contributed by atoms with Crippen LogP contribution >= 0.6 is 0 Å². The lowest BCUT2D eigenvalue weighted by Gasteiger charge is -2.33. The van der Waals surface area contributed by atoms with Gasteiger partial charge in [0.05, 0.1) is 22.7 Å². The van der Waals surface area contributed by atoms with E-state index in [4.69, 9.17) is 0 Å². The van der Waals surface area contributed by atoms with Crippen molar-refractivity contribution in [3.05, 3.63) is 29.6 Å². The molecule has 0 saturated heterocycles. The van der Waals surface area contributed by atoms with E-state index in [1.807, 2.05) is 12.1 Å². The molecule has 1 aliphatic carbocycles. The quantitative estimate of drug-likeness (QED) is 0.788. The standard InChI is InChI=1S/C21H28N4O/c1-3-20-23-18-11-10-16(15-22)14-19(18)25(20)13-12-21(26)24(4-2)17-8-6-5-7-9-17/h10-11,14,17H,3-9,12-13H2,1-2H3. The molecule has 2 aromatic rings. The van der Waals surface area contributed by atoms with E-state index in [1.54, 1.807) is 6.07 Å². The predicted octanol–water partition coefficient (Wildman–Crippen LogP) is 4.04. The highest BCUT2D eigenvalue weighted by atomic mass is 16.2. The highest BCUT2D eigenvalue weighted by Gasteiger charge is 2.24. The molecule has 26 heavy (non-hydrogen) atoms. The normalized spacial score (nSPS) is 15.1. The minimum Gasteiger partial charge on any atom is -0.340 e. The van der Waals surface area contributed by atoms with Gasteiger partial charge < -0.3 is 9.47 Å². The van der Waals surface area contributed by atoms with Gasteiger partial charge in [0.2, 0.25) is 5.91 Å². The molecule has 0 unspecified atom stereocenters. The number of hydrogen-bond donors (Lipinski definition) is 0. The Balaban J connectivity index is 1.77. The first-order valence-electron chi connectivity index (χ1n) is 9.86. The molecule has 0 radical (unpaired) electrons. The van der Waals surface area contributed by atoms with Crippen molar-refractivity contribution in [1.82, 2.24) is 14.5 Å². The molecule has 1 heterocycles. The summed E-state index contributed by atoms with van der Waals surface area (Å²) < 4.78 is 2.11. The largest absolute Gasteiger partial charge is 0.340 e. The van der Waals surface area contributed by atoms with E-state index >= 15 is 0 Å². The monoisotopic (exact) mass is 352 g/mol. The first-order valence-corrected chi connectivity index (χ1v) is 9.86. The molecular formula is C21H28N4O. The topological polar surface area (TPSA) is 61.9 Å². The molecule has 1 aromatic carbocycles. The summed E-state index contributed by atoms with van der Waals surface area (Å²) in [7, 11) is 0. The average Bonchev–Trinajstić information content (AvgIpc) is 3.04. The van der Waals surface area contributed by atoms with E-state index in [-0.39, 0.29) is 5.91 Å². The lowest BCUT2D eigenvalue weighted by Crippen LogP contribution is -2.41. The zero-order valence-electron chi connectivity index (χ0n) is 15.9. The van der Waals surface area contributed by atoms with Gasteiger partial charge in [-0.05, 0) is 38.0 Å². The summed E-state index contributed by atoms with van der Waals surface area (Å²) in [6.07, 6.45) is 7.34. The number of amides is 1. The van der Waals surface area contributed by atoms with Crippen LogP contribution in [0.3, 0.4) is 0 Å². The summed E-state index contributed by atoms with van der Waals surface area (Å²) >= 11 is 0. The number of hydrogen-bond acceptors (Lipinski definition) is 3. The zero-order valence-corrected chi connectivity index (χ0v) is 15.9. The van der Waals surface area contributed by atoms with Gasteiger partial charge >= 0.3 is 0 Å². The third kappa shape index (κ3) is 3.75. The maximum Gasteiger partial charge on any atom is 0.224 e. The van der Waals surface area contributed by atoms with Crippen molar-refractivity contribution in [3.63, 3.8) is 0 Å². The molecule has 3 rings (SSSR count). The van der Waals surface area contributed by atoms with Crippen LogP contribution in [-0.4, -0.2) is 32.9 Å². The lowest BCUT2D eigenvalue weighted by atomic mass is 9.94. The van der Waals surface area contributed by atoms with Gasteiger partial charge in [0.1, 0.15) is 5.82 Å². The van der Waals surface area contributed by atoms with Crippen molar-refractivity contribution in [2.45, 2.75) is 71.4 Å². The highest BCUT2D eigenvalue weighted by molar-refractivity contribution is 5.79. The fourth-order valence-corrected chi connectivity index (χ4v) is 4.14. The number of nitriles is 1. The Hall–Kier alpha value is -2.35. The van der Waals surface area contributed by atoms with Crippen LogP contribution in [0.2, 0.25) is 0 Å². The maximum atomic E-state index is 12.9. The second kappa shape index (κ2) is 8.35. The Morgan fingerprint density at radius 1 is 1.31 bits per heavy atom. The molecule has 1 aliphatic rings. The Kier molecular flexibility index (Phi) is 5.92. The average molecular weight is 352 g/mol. The molecule has 5 heteroatoms. The molecule has 5 nitrogen and oxygen atoms in total. The first-order chi connectivity index (χ1) is 12.7. The van der Waals surface area contributed by atoms with Crippen molar-refractivity contribution >= 4 is 16.9 Å². The summed E-state index contributed by atoms with van der Waals surface area (Å²) in [6.45, 7) is 5.56. The summed E-state index contributed by atoms with van der Waals surface area (Å²) in [5, 5.41) is 9.18. The number of carbonyl (C=O) groups is 1. The molecule has 0 aliphatic heterocycles. The minimum atomic E-state index is 0.236. The fourth-order valence-electron chi connectivity index (χ4n) is 4.14. The van der Waals surface area contributed by atoms with Crippen LogP contribution in [0.5, 0.6) is 0 Å². The molecule has 0 N–H and O–H groups in total. The van der Waals surface area contributed by atoms with Crippen molar-refractivity contribution in [2.24, 2.45) is 0 Å². The van der Waals surface area contributed by atoms with Crippen LogP contribution in [-0.2, 0) is 17.8 Å². The van der Waals surface area contributed by atoms with Crippen LogP contribution < -0.4 is 0 Å². The summed E-state index contributed by atoms with van der Waals surface area (Å²) in [6, 6.07) is 8.18. The van der Waals surface area contributed by atoms with Crippen molar-refractivity contribution in [1.29, 1.82) is 5.26 Å². The number of imidazole rings is 1. The van der Waals surface area contributed by atoms with Gasteiger partial charge in [0.25, 0.3) is 0 Å². The van der Waals surface area contributed by atoms with Crippen molar-refractivity contribution < 1.29 is 4.79 Å². The van der Waals surface area contributed by atoms with Gasteiger partial charge in [-0.2, -0.15) is 5.26 Å². The number of rotatable bonds is 6. The van der Waals surface area contributed by atoms with Crippen LogP contribution in [0.1, 0.15) is 63.8 Å². The number of aromatic nitrogens is 2.